The molecule has 96 valence electrons. The van der Waals surface area contributed by atoms with Crippen LogP contribution < -0.4 is 10.7 Å². The predicted octanol–water partition coefficient (Wildman–Crippen LogP) is 1.48. The van der Waals surface area contributed by atoms with Gasteiger partial charge < -0.3 is 9.32 Å². The van der Waals surface area contributed by atoms with Crippen LogP contribution in [0.1, 0.15) is 5.56 Å². The highest BCUT2D eigenvalue weighted by Crippen LogP contribution is 2.12. The molecular weight excluding hydrogens is 244 g/mol. The molecule has 0 amide bonds. The second-order valence-corrected chi connectivity index (χ2v) is 3.63. The molecule has 2 aromatic rings. The quantitative estimate of drug-likeness (QED) is 0.822. The minimum absolute atomic E-state index is 0.0901. The summed E-state index contributed by atoms with van der Waals surface area (Å²) in [6, 6.07) is 2.77. The predicted molar refractivity (Wildman–Crippen MR) is 60.5 cm³/mol. The molecule has 0 spiro atoms. The Kier molecular flexibility index (Phi) is 3.71. The SMILES string of the molecule is O=c1[nH]c(N(CCF)Cc2ccc(F)nc2)co1. The molecule has 7 heteroatoms. The molecule has 0 saturated heterocycles. The number of alkyl halides is 1. The van der Waals surface area contributed by atoms with E-state index in [0.717, 1.165) is 0 Å². The summed E-state index contributed by atoms with van der Waals surface area (Å²) < 4.78 is 29.7. The number of nitrogens with zero attached hydrogens (tertiary/aromatic N) is 2. The lowest BCUT2D eigenvalue weighted by atomic mass is 10.2. The first-order valence-corrected chi connectivity index (χ1v) is 5.28. The summed E-state index contributed by atoms with van der Waals surface area (Å²) in [4.78, 5) is 18.4. The number of halogens is 2. The van der Waals surface area contributed by atoms with E-state index in [4.69, 9.17) is 0 Å². The topological polar surface area (TPSA) is 62.1 Å². The molecule has 0 unspecified atom stereocenters. The first kappa shape index (κ1) is 12.3. The van der Waals surface area contributed by atoms with Crippen LogP contribution in [0, 0.1) is 5.95 Å². The van der Waals surface area contributed by atoms with Crippen LogP contribution in [0.5, 0.6) is 0 Å². The number of anilines is 1. The van der Waals surface area contributed by atoms with Crippen LogP contribution in [0.2, 0.25) is 0 Å². The Balaban J connectivity index is 2.15. The van der Waals surface area contributed by atoms with E-state index in [2.05, 4.69) is 14.4 Å². The Hall–Kier alpha value is -2.18. The van der Waals surface area contributed by atoms with Crippen molar-refractivity contribution in [3.8, 4) is 0 Å². The molecule has 18 heavy (non-hydrogen) atoms. The molecule has 0 aromatic carbocycles. The zero-order valence-corrected chi connectivity index (χ0v) is 9.40. The van der Waals surface area contributed by atoms with Crippen LogP contribution in [0.3, 0.4) is 0 Å². The monoisotopic (exact) mass is 255 g/mol. The maximum absolute atomic E-state index is 12.7. The fourth-order valence-corrected chi connectivity index (χ4v) is 1.53. The highest BCUT2D eigenvalue weighted by molar-refractivity contribution is 5.35. The van der Waals surface area contributed by atoms with Crippen molar-refractivity contribution < 1.29 is 13.2 Å². The molecule has 0 bridgehead atoms. The van der Waals surface area contributed by atoms with E-state index >= 15 is 0 Å². The molecule has 0 aliphatic heterocycles. The molecule has 0 atom stereocenters. The largest absolute Gasteiger partial charge is 0.417 e. The van der Waals surface area contributed by atoms with Crippen LogP contribution in [0.25, 0.3) is 0 Å². The zero-order valence-electron chi connectivity index (χ0n) is 9.40. The van der Waals surface area contributed by atoms with Gasteiger partial charge >= 0.3 is 5.76 Å². The van der Waals surface area contributed by atoms with Gasteiger partial charge in [-0.2, -0.15) is 4.39 Å². The van der Waals surface area contributed by atoms with Crippen molar-refractivity contribution in [1.82, 2.24) is 9.97 Å². The molecule has 0 saturated carbocycles. The number of hydrogen-bond donors (Lipinski definition) is 1. The van der Waals surface area contributed by atoms with Gasteiger partial charge in [-0.15, -0.1) is 0 Å². The number of rotatable bonds is 5. The highest BCUT2D eigenvalue weighted by atomic mass is 19.1. The highest BCUT2D eigenvalue weighted by Gasteiger charge is 2.10. The summed E-state index contributed by atoms with van der Waals surface area (Å²) in [5, 5.41) is 0. The van der Waals surface area contributed by atoms with E-state index < -0.39 is 18.4 Å². The number of aromatic amines is 1. The van der Waals surface area contributed by atoms with Gasteiger partial charge in [-0.1, -0.05) is 6.07 Å². The van der Waals surface area contributed by atoms with E-state index in [9.17, 15) is 13.6 Å². The third-order valence-corrected chi connectivity index (χ3v) is 2.36. The van der Waals surface area contributed by atoms with Crippen LogP contribution in [0.4, 0.5) is 14.6 Å². The normalized spacial score (nSPS) is 10.6. The van der Waals surface area contributed by atoms with Gasteiger partial charge in [-0.3, -0.25) is 4.98 Å². The molecule has 1 N–H and O–H groups in total. The lowest BCUT2D eigenvalue weighted by molar-refractivity contribution is 0.487. The molecular formula is C11H11F2N3O2. The lowest BCUT2D eigenvalue weighted by Crippen LogP contribution is -2.26. The second-order valence-electron chi connectivity index (χ2n) is 3.63. The lowest BCUT2D eigenvalue weighted by Gasteiger charge is -2.20. The molecule has 2 heterocycles. The summed E-state index contributed by atoms with van der Waals surface area (Å²) in [7, 11) is 0. The van der Waals surface area contributed by atoms with Gasteiger partial charge in [-0.05, 0) is 11.6 Å². The Bertz CT molecular complexity index is 550. The van der Waals surface area contributed by atoms with Crippen LogP contribution in [-0.2, 0) is 6.54 Å². The molecule has 0 aliphatic rings. The number of H-pyrrole nitrogens is 1. The first-order chi connectivity index (χ1) is 8.69. The molecule has 0 aliphatic carbocycles. The maximum atomic E-state index is 12.7. The summed E-state index contributed by atoms with van der Waals surface area (Å²) in [6.07, 6.45) is 2.58. The zero-order chi connectivity index (χ0) is 13.0. The third-order valence-electron chi connectivity index (χ3n) is 2.36. The van der Waals surface area contributed by atoms with Crippen molar-refractivity contribution in [3.63, 3.8) is 0 Å². The van der Waals surface area contributed by atoms with E-state index in [1.807, 2.05) is 0 Å². The molecule has 0 radical (unpaired) electrons. The van der Waals surface area contributed by atoms with Gasteiger partial charge in [0.25, 0.3) is 0 Å². The average Bonchev–Trinajstić information content (AvgIpc) is 2.78. The number of hydrogen-bond acceptors (Lipinski definition) is 4. The van der Waals surface area contributed by atoms with Crippen molar-refractivity contribution >= 4 is 5.82 Å². The Morgan fingerprint density at radius 3 is 2.83 bits per heavy atom. The van der Waals surface area contributed by atoms with Crippen molar-refractivity contribution in [2.45, 2.75) is 6.54 Å². The smallest absolute Gasteiger partial charge is 0.414 e. The summed E-state index contributed by atoms with van der Waals surface area (Å²) in [6.45, 7) is -0.193. The van der Waals surface area contributed by atoms with Gasteiger partial charge in [0.1, 0.15) is 18.8 Å². The Morgan fingerprint density at radius 1 is 1.44 bits per heavy atom. The fourth-order valence-electron chi connectivity index (χ4n) is 1.53. The standard InChI is InChI=1S/C11H11F2N3O2/c12-3-4-16(10-7-18-11(17)15-10)6-8-1-2-9(13)14-5-8/h1-2,5,7H,3-4,6H2,(H,15,17). The first-order valence-electron chi connectivity index (χ1n) is 5.28. The second kappa shape index (κ2) is 5.44. The van der Waals surface area contributed by atoms with Crippen molar-refractivity contribution in [1.29, 1.82) is 0 Å². The van der Waals surface area contributed by atoms with Crippen molar-refractivity contribution in [3.05, 3.63) is 46.7 Å². The van der Waals surface area contributed by atoms with Crippen molar-refractivity contribution in [2.75, 3.05) is 18.1 Å². The van der Waals surface area contributed by atoms with E-state index in [1.54, 1.807) is 11.0 Å². The van der Waals surface area contributed by atoms with Crippen LogP contribution >= 0.6 is 0 Å². The van der Waals surface area contributed by atoms with Gasteiger partial charge in [-0.25, -0.2) is 14.2 Å². The molecule has 2 aromatic heterocycles. The minimum Gasteiger partial charge on any atom is -0.414 e. The van der Waals surface area contributed by atoms with Gasteiger partial charge in [0.05, 0.1) is 0 Å². The number of aromatic nitrogens is 2. The summed E-state index contributed by atoms with van der Waals surface area (Å²) in [5.41, 5.74) is 0.701. The van der Waals surface area contributed by atoms with E-state index in [1.165, 1.54) is 18.5 Å². The Morgan fingerprint density at radius 2 is 2.28 bits per heavy atom. The summed E-state index contributed by atoms with van der Waals surface area (Å²) in [5.74, 6) is -0.805. The Labute approximate surface area is 101 Å². The minimum atomic E-state index is -0.605. The van der Waals surface area contributed by atoms with E-state index in [-0.39, 0.29) is 6.54 Å². The molecule has 5 nitrogen and oxygen atoms in total. The molecule has 2 rings (SSSR count). The van der Waals surface area contributed by atoms with Crippen LogP contribution in [0.15, 0.2) is 33.8 Å². The maximum Gasteiger partial charge on any atom is 0.417 e. The number of oxazole rings is 1. The van der Waals surface area contributed by atoms with Crippen molar-refractivity contribution in [2.24, 2.45) is 0 Å². The van der Waals surface area contributed by atoms with Gasteiger partial charge in [0.2, 0.25) is 5.95 Å². The fraction of sp³-hybridized carbons (Fsp3) is 0.273. The summed E-state index contributed by atoms with van der Waals surface area (Å²) >= 11 is 0. The molecule has 0 fully saturated rings. The number of pyridine rings is 1. The van der Waals surface area contributed by atoms with Gasteiger partial charge in [0, 0.05) is 19.3 Å². The average molecular weight is 255 g/mol. The van der Waals surface area contributed by atoms with E-state index in [0.29, 0.717) is 17.9 Å². The van der Waals surface area contributed by atoms with Crippen LogP contribution in [-0.4, -0.2) is 23.2 Å². The third kappa shape index (κ3) is 2.93. The number of nitrogens with one attached hydrogen (secondary N) is 1. The van der Waals surface area contributed by atoms with Gasteiger partial charge in [0.15, 0.2) is 0 Å².